The Morgan fingerprint density at radius 2 is 0.466 bits per heavy atom. The van der Waals surface area contributed by atoms with Gasteiger partial charge in [0.15, 0.2) is 6.10 Å². The number of unbranched alkanes of at least 4 members (excludes halogenated alkanes) is 37. The molecule has 0 amide bonds. The van der Waals surface area contributed by atoms with Crippen LogP contribution in [0, 0.1) is 0 Å². The molecular weight excluding hydrogens is 721 g/mol. The van der Waals surface area contributed by atoms with Crippen LogP contribution < -0.4 is 0 Å². The lowest BCUT2D eigenvalue weighted by Gasteiger charge is -2.18. The number of hydrogen-bond acceptors (Lipinski definition) is 6. The van der Waals surface area contributed by atoms with Gasteiger partial charge in [-0.05, 0) is 19.3 Å². The number of rotatable bonds is 48. The largest absolute Gasteiger partial charge is 0.462 e. The van der Waals surface area contributed by atoms with E-state index in [1.807, 2.05) is 0 Å². The third-order valence-electron chi connectivity index (χ3n) is 11.9. The lowest BCUT2D eigenvalue weighted by atomic mass is 10.0. The summed E-state index contributed by atoms with van der Waals surface area (Å²) in [6.45, 7) is 6.61. The second-order valence-electron chi connectivity index (χ2n) is 17.8. The molecule has 0 aromatic rings. The summed E-state index contributed by atoms with van der Waals surface area (Å²) in [5.41, 5.74) is 0. The number of ether oxygens (including phenoxy) is 3. The van der Waals surface area contributed by atoms with E-state index in [1.54, 1.807) is 0 Å². The van der Waals surface area contributed by atoms with Crippen molar-refractivity contribution in [3.63, 3.8) is 0 Å². The number of carbonyl (C=O) groups excluding carboxylic acids is 3. The number of carbonyl (C=O) groups is 3. The van der Waals surface area contributed by atoms with Crippen LogP contribution in [0.5, 0.6) is 0 Å². The SMILES string of the molecule is CCCCCCCCCCCCCCCCCCCCCC(=O)O[C@H](COC(=O)CCCCCCC)COC(=O)CCCCCCCCCCCCCCCCCC. The van der Waals surface area contributed by atoms with Crippen LogP contribution in [0.1, 0.15) is 297 Å². The van der Waals surface area contributed by atoms with Crippen molar-refractivity contribution in [1.82, 2.24) is 0 Å². The van der Waals surface area contributed by atoms with Gasteiger partial charge < -0.3 is 14.2 Å². The quantitative estimate of drug-likeness (QED) is 0.0346. The van der Waals surface area contributed by atoms with Crippen molar-refractivity contribution in [3.8, 4) is 0 Å². The Balaban J connectivity index is 4.09. The standard InChI is InChI=1S/C52H100O6/c1-4-7-10-13-15-17-19-21-23-25-26-27-29-31-33-35-37-40-43-46-52(55)58-49(47-56-50(53)44-41-38-12-9-6-3)48-57-51(54)45-42-39-36-34-32-30-28-24-22-20-18-16-14-11-8-5-2/h49H,4-48H2,1-3H3/t49-/m1/s1. The molecule has 0 heterocycles. The summed E-state index contributed by atoms with van der Waals surface area (Å²) in [6.07, 6.45) is 51.3. The lowest BCUT2D eigenvalue weighted by molar-refractivity contribution is -0.167. The van der Waals surface area contributed by atoms with Gasteiger partial charge in [-0.3, -0.25) is 14.4 Å². The van der Waals surface area contributed by atoms with Gasteiger partial charge in [-0.1, -0.05) is 258 Å². The Hall–Kier alpha value is -1.59. The predicted octanol–water partition coefficient (Wildman–Crippen LogP) is 16.8. The van der Waals surface area contributed by atoms with Crippen molar-refractivity contribution in [2.75, 3.05) is 13.2 Å². The summed E-state index contributed by atoms with van der Waals surface area (Å²) in [5, 5.41) is 0. The summed E-state index contributed by atoms with van der Waals surface area (Å²) < 4.78 is 16.7. The molecule has 6 nitrogen and oxygen atoms in total. The molecule has 58 heavy (non-hydrogen) atoms. The van der Waals surface area contributed by atoms with E-state index in [1.165, 1.54) is 193 Å². The zero-order valence-electron chi connectivity index (χ0n) is 39.3. The topological polar surface area (TPSA) is 78.9 Å². The van der Waals surface area contributed by atoms with Crippen molar-refractivity contribution >= 4 is 17.9 Å². The zero-order chi connectivity index (χ0) is 42.3. The van der Waals surface area contributed by atoms with Gasteiger partial charge in [0.05, 0.1) is 0 Å². The third-order valence-corrected chi connectivity index (χ3v) is 11.9. The Morgan fingerprint density at radius 1 is 0.276 bits per heavy atom. The molecule has 0 aromatic heterocycles. The molecule has 6 heteroatoms. The van der Waals surface area contributed by atoms with Gasteiger partial charge in [0.1, 0.15) is 13.2 Å². The minimum atomic E-state index is -0.758. The van der Waals surface area contributed by atoms with Crippen LogP contribution >= 0.6 is 0 Å². The molecule has 0 aliphatic heterocycles. The smallest absolute Gasteiger partial charge is 0.306 e. The van der Waals surface area contributed by atoms with Crippen molar-refractivity contribution < 1.29 is 28.6 Å². The third kappa shape index (κ3) is 45.5. The van der Waals surface area contributed by atoms with Gasteiger partial charge in [-0.2, -0.15) is 0 Å². The summed E-state index contributed by atoms with van der Waals surface area (Å²) in [5.74, 6) is -0.857. The maximum absolute atomic E-state index is 12.7. The van der Waals surface area contributed by atoms with Crippen LogP contribution in [-0.4, -0.2) is 37.2 Å². The van der Waals surface area contributed by atoms with Gasteiger partial charge in [0.2, 0.25) is 0 Å². The molecular formula is C52H100O6. The minimum Gasteiger partial charge on any atom is -0.462 e. The highest BCUT2D eigenvalue weighted by Crippen LogP contribution is 2.17. The first-order valence-electron chi connectivity index (χ1n) is 26.0. The zero-order valence-corrected chi connectivity index (χ0v) is 39.3. The maximum Gasteiger partial charge on any atom is 0.306 e. The van der Waals surface area contributed by atoms with Crippen LogP contribution in [0.15, 0.2) is 0 Å². The first-order chi connectivity index (χ1) is 28.5. The van der Waals surface area contributed by atoms with Gasteiger partial charge >= 0.3 is 17.9 Å². The molecule has 0 bridgehead atoms. The van der Waals surface area contributed by atoms with Crippen molar-refractivity contribution in [2.45, 2.75) is 303 Å². The highest BCUT2D eigenvalue weighted by atomic mass is 16.6. The highest BCUT2D eigenvalue weighted by Gasteiger charge is 2.19. The van der Waals surface area contributed by atoms with Crippen LogP contribution in [0.2, 0.25) is 0 Å². The molecule has 344 valence electrons. The van der Waals surface area contributed by atoms with Crippen LogP contribution in [0.4, 0.5) is 0 Å². The Bertz CT molecular complexity index is 859. The molecule has 0 radical (unpaired) electrons. The molecule has 0 fully saturated rings. The molecule has 1 atom stereocenters. The highest BCUT2D eigenvalue weighted by molar-refractivity contribution is 5.71. The van der Waals surface area contributed by atoms with E-state index in [0.29, 0.717) is 19.3 Å². The first kappa shape index (κ1) is 56.4. The second kappa shape index (κ2) is 48.1. The fourth-order valence-corrected chi connectivity index (χ4v) is 7.92. The molecule has 0 aliphatic rings. The van der Waals surface area contributed by atoms with E-state index in [-0.39, 0.29) is 31.1 Å². The fraction of sp³-hybridized carbons (Fsp3) is 0.942. The maximum atomic E-state index is 12.7. The van der Waals surface area contributed by atoms with Gasteiger partial charge in [-0.25, -0.2) is 0 Å². The van der Waals surface area contributed by atoms with Crippen molar-refractivity contribution in [1.29, 1.82) is 0 Å². The average molecular weight is 821 g/mol. The van der Waals surface area contributed by atoms with Crippen LogP contribution in [0.3, 0.4) is 0 Å². The Kier molecular flexibility index (Phi) is 46.8. The van der Waals surface area contributed by atoms with Gasteiger partial charge in [-0.15, -0.1) is 0 Å². The number of esters is 3. The van der Waals surface area contributed by atoms with E-state index < -0.39 is 6.10 Å². The average Bonchev–Trinajstić information content (AvgIpc) is 3.22. The van der Waals surface area contributed by atoms with E-state index in [4.69, 9.17) is 14.2 Å². The van der Waals surface area contributed by atoms with E-state index in [9.17, 15) is 14.4 Å². The monoisotopic (exact) mass is 821 g/mol. The molecule has 0 spiro atoms. The minimum absolute atomic E-state index is 0.0631. The Labute approximate surface area is 361 Å². The normalized spacial score (nSPS) is 11.8. The van der Waals surface area contributed by atoms with Crippen molar-refractivity contribution in [3.05, 3.63) is 0 Å². The van der Waals surface area contributed by atoms with Crippen LogP contribution in [-0.2, 0) is 28.6 Å². The van der Waals surface area contributed by atoms with E-state index in [2.05, 4.69) is 20.8 Å². The van der Waals surface area contributed by atoms with E-state index in [0.717, 1.165) is 64.2 Å². The first-order valence-corrected chi connectivity index (χ1v) is 26.0. The Morgan fingerprint density at radius 3 is 0.690 bits per heavy atom. The second-order valence-corrected chi connectivity index (χ2v) is 17.8. The predicted molar refractivity (Wildman–Crippen MR) is 247 cm³/mol. The summed E-state index contributed by atoms with van der Waals surface area (Å²) in [4.78, 5) is 37.6. The molecule has 0 aromatic carbocycles. The molecule has 0 aliphatic carbocycles. The molecule has 0 rings (SSSR count). The summed E-state index contributed by atoms with van der Waals surface area (Å²) in [6, 6.07) is 0. The number of hydrogen-bond donors (Lipinski definition) is 0. The molecule has 0 saturated carbocycles. The van der Waals surface area contributed by atoms with Crippen molar-refractivity contribution in [2.24, 2.45) is 0 Å². The molecule has 0 unspecified atom stereocenters. The van der Waals surface area contributed by atoms with Gasteiger partial charge in [0, 0.05) is 19.3 Å². The van der Waals surface area contributed by atoms with Gasteiger partial charge in [0.25, 0.3) is 0 Å². The molecule has 0 saturated heterocycles. The van der Waals surface area contributed by atoms with E-state index >= 15 is 0 Å². The fourth-order valence-electron chi connectivity index (χ4n) is 7.92. The van der Waals surface area contributed by atoms with Crippen LogP contribution in [0.25, 0.3) is 0 Å². The summed E-state index contributed by atoms with van der Waals surface area (Å²) >= 11 is 0. The summed E-state index contributed by atoms with van der Waals surface area (Å²) in [7, 11) is 0. The lowest BCUT2D eigenvalue weighted by Crippen LogP contribution is -2.30. The molecule has 0 N–H and O–H groups in total.